The summed E-state index contributed by atoms with van der Waals surface area (Å²) in [5.74, 6) is 0.732. The molecule has 2 aromatic rings. The van der Waals surface area contributed by atoms with Crippen LogP contribution < -0.4 is 10.0 Å². The van der Waals surface area contributed by atoms with Crippen LogP contribution in [0.3, 0.4) is 0 Å². The minimum atomic E-state index is -4.57. The molecule has 0 N–H and O–H groups in total. The molecule has 0 fully saturated rings. The third-order valence-electron chi connectivity index (χ3n) is 4.13. The second kappa shape index (κ2) is 10.7. The maximum absolute atomic E-state index is 12.9. The lowest BCUT2D eigenvalue weighted by atomic mass is 10.1. The minimum absolute atomic E-state index is 0.0698. The van der Waals surface area contributed by atoms with Gasteiger partial charge < -0.3 is 9.26 Å². The smallest absolute Gasteiger partial charge is 0.416 e. The van der Waals surface area contributed by atoms with Gasteiger partial charge in [0, 0.05) is 17.7 Å². The third-order valence-corrected chi connectivity index (χ3v) is 6.90. The van der Waals surface area contributed by atoms with Crippen molar-refractivity contribution in [2.45, 2.75) is 38.8 Å². The molecule has 6 nitrogen and oxygen atoms in total. The number of nitrogens with zero attached hydrogens (tertiary/aromatic N) is 1. The maximum Gasteiger partial charge on any atom is 0.416 e. The largest absolute Gasteiger partial charge is 0.455 e. The zero-order valence-corrected chi connectivity index (χ0v) is 19.4. The van der Waals surface area contributed by atoms with Crippen molar-refractivity contribution in [2.75, 3.05) is 5.75 Å². The molecule has 0 bridgehead atoms. The second-order valence-corrected chi connectivity index (χ2v) is 9.59. The normalized spacial score (nSPS) is 13.6. The molecular weight excluding hydrogens is 478 g/mol. The second-order valence-electron chi connectivity index (χ2n) is 6.26. The van der Waals surface area contributed by atoms with Crippen molar-refractivity contribution >= 4 is 42.4 Å². The molecule has 31 heavy (non-hydrogen) atoms. The molecule has 2 rings (SSSR count). The third kappa shape index (κ3) is 6.62. The number of alkyl halides is 3. The molecule has 0 aliphatic carbocycles. The summed E-state index contributed by atoms with van der Waals surface area (Å²) in [5, 5.41) is 11.1. The van der Waals surface area contributed by atoms with E-state index in [9.17, 15) is 27.9 Å². The summed E-state index contributed by atoms with van der Waals surface area (Å²) < 4.78 is 62.4. The Hall–Kier alpha value is -1.74. The van der Waals surface area contributed by atoms with Crippen molar-refractivity contribution < 1.29 is 31.9 Å². The number of hydrogen-bond acceptors (Lipinski definition) is 6. The summed E-state index contributed by atoms with van der Waals surface area (Å²) in [6.07, 6.45) is -4.25. The first-order valence-corrected chi connectivity index (χ1v) is 11.9. The van der Waals surface area contributed by atoms with Gasteiger partial charge >= 0.3 is 6.18 Å². The van der Waals surface area contributed by atoms with Crippen LogP contribution in [0.4, 0.5) is 18.9 Å². The van der Waals surface area contributed by atoms with Gasteiger partial charge in [-0.1, -0.05) is 25.4 Å². The molecule has 0 heterocycles. The zero-order valence-electron chi connectivity index (χ0n) is 16.8. The van der Waals surface area contributed by atoms with Gasteiger partial charge in [0.05, 0.1) is 15.5 Å². The van der Waals surface area contributed by atoms with Crippen LogP contribution in [0.2, 0.25) is 5.02 Å². The summed E-state index contributed by atoms with van der Waals surface area (Å²) in [6.45, 7) is 5.29. The van der Waals surface area contributed by atoms with E-state index in [0.29, 0.717) is 17.7 Å². The minimum Gasteiger partial charge on any atom is -0.455 e. The van der Waals surface area contributed by atoms with E-state index in [1.54, 1.807) is 13.8 Å². The van der Waals surface area contributed by atoms with Crippen molar-refractivity contribution in [3.8, 4) is 11.5 Å². The summed E-state index contributed by atoms with van der Waals surface area (Å²) in [4.78, 5) is 10.9. The van der Waals surface area contributed by atoms with Crippen molar-refractivity contribution in [3.63, 3.8) is 0 Å². The van der Waals surface area contributed by atoms with Gasteiger partial charge in [0.2, 0.25) is 8.03 Å². The Bertz CT molecular complexity index is 990. The van der Waals surface area contributed by atoms with Crippen molar-refractivity contribution in [1.82, 2.24) is 0 Å². The lowest BCUT2D eigenvalue weighted by Gasteiger charge is -2.16. The van der Waals surface area contributed by atoms with Gasteiger partial charge in [-0.15, -0.1) is 11.8 Å². The Morgan fingerprint density at radius 2 is 1.90 bits per heavy atom. The first-order valence-electron chi connectivity index (χ1n) is 9.16. The lowest BCUT2D eigenvalue weighted by Crippen LogP contribution is -2.11. The average molecular weight is 498 g/mol. The first-order chi connectivity index (χ1) is 14.5. The summed E-state index contributed by atoms with van der Waals surface area (Å²) in [7, 11) is -3.01. The summed E-state index contributed by atoms with van der Waals surface area (Å²) in [6, 6.07) is 5.06. The number of thioether (sulfide) groups is 1. The Morgan fingerprint density at radius 1 is 1.23 bits per heavy atom. The standard InChI is InChI=1S/C19H20ClF3NO5PS/c1-4-12-8-15(24(25)26)18(30(27)29-11(3)31-5-2)10-17(12)28-16-7-6-13(9-14(16)20)19(21,22)23/h6-11,30H,4-5H2,1-3H3. The number of rotatable bonds is 9. The van der Waals surface area contributed by atoms with Gasteiger partial charge in [-0.3, -0.25) is 14.7 Å². The monoisotopic (exact) mass is 497 g/mol. The van der Waals surface area contributed by atoms with E-state index in [1.165, 1.54) is 23.9 Å². The number of ether oxygens (including phenoxy) is 1. The van der Waals surface area contributed by atoms with Gasteiger partial charge in [-0.2, -0.15) is 13.2 Å². The van der Waals surface area contributed by atoms with E-state index < -0.39 is 30.1 Å². The number of hydrogen-bond donors (Lipinski definition) is 0. The Labute approximate surface area is 187 Å². The highest BCUT2D eigenvalue weighted by atomic mass is 35.5. The van der Waals surface area contributed by atoms with E-state index in [1.807, 2.05) is 6.92 Å². The van der Waals surface area contributed by atoms with Crippen LogP contribution in [0.5, 0.6) is 11.5 Å². The van der Waals surface area contributed by atoms with Crippen LogP contribution >= 0.6 is 31.4 Å². The van der Waals surface area contributed by atoms with Crippen molar-refractivity contribution in [2.24, 2.45) is 0 Å². The SMILES string of the molecule is CCSC(C)O[PH](=O)c1cc(Oc2ccc(C(F)(F)F)cc2Cl)c(CC)cc1[N+](=O)[O-]. The predicted molar refractivity (Wildman–Crippen MR) is 116 cm³/mol. The fourth-order valence-electron chi connectivity index (χ4n) is 2.66. The van der Waals surface area contributed by atoms with Gasteiger partial charge in [0.1, 0.15) is 22.2 Å². The van der Waals surface area contributed by atoms with Gasteiger partial charge in [-0.05, 0) is 37.3 Å². The molecule has 0 aliphatic rings. The highest BCUT2D eigenvalue weighted by molar-refractivity contribution is 7.99. The molecule has 170 valence electrons. The average Bonchev–Trinajstić information content (AvgIpc) is 2.68. The molecule has 0 saturated carbocycles. The van der Waals surface area contributed by atoms with Crippen LogP contribution in [-0.2, 0) is 21.7 Å². The van der Waals surface area contributed by atoms with Crippen LogP contribution in [0.25, 0.3) is 0 Å². The fourth-order valence-corrected chi connectivity index (χ4v) is 4.93. The van der Waals surface area contributed by atoms with E-state index in [0.717, 1.165) is 18.2 Å². The maximum atomic E-state index is 12.9. The fraction of sp³-hybridized carbons (Fsp3) is 0.368. The Morgan fingerprint density at radius 3 is 2.42 bits per heavy atom. The quantitative estimate of drug-likeness (QED) is 0.163. The molecule has 12 heteroatoms. The van der Waals surface area contributed by atoms with E-state index in [2.05, 4.69) is 0 Å². The molecule has 0 spiro atoms. The zero-order chi connectivity index (χ0) is 23.3. The molecule has 2 aromatic carbocycles. The van der Waals surface area contributed by atoms with E-state index in [-0.39, 0.29) is 27.5 Å². The molecule has 0 amide bonds. The lowest BCUT2D eigenvalue weighted by molar-refractivity contribution is -0.383. The van der Waals surface area contributed by atoms with Gasteiger partial charge in [0.15, 0.2) is 0 Å². The highest BCUT2D eigenvalue weighted by Crippen LogP contribution is 2.40. The number of nitro benzene ring substituents is 1. The molecule has 0 aliphatic heterocycles. The highest BCUT2D eigenvalue weighted by Gasteiger charge is 2.31. The first kappa shape index (κ1) is 25.5. The topological polar surface area (TPSA) is 78.7 Å². The van der Waals surface area contributed by atoms with Gasteiger partial charge in [-0.25, -0.2) is 0 Å². The molecule has 0 radical (unpaired) electrons. The van der Waals surface area contributed by atoms with Crippen LogP contribution in [0, 0.1) is 10.1 Å². The molecule has 0 saturated heterocycles. The Kier molecular flexibility index (Phi) is 8.83. The van der Waals surface area contributed by atoms with Crippen LogP contribution in [-0.4, -0.2) is 16.1 Å². The van der Waals surface area contributed by atoms with Gasteiger partial charge in [0.25, 0.3) is 5.69 Å². The number of halogens is 4. The predicted octanol–water partition coefficient (Wildman–Crippen LogP) is 6.84. The molecule has 2 unspecified atom stereocenters. The molecule has 0 aromatic heterocycles. The number of nitro groups is 1. The van der Waals surface area contributed by atoms with E-state index in [4.69, 9.17) is 20.9 Å². The van der Waals surface area contributed by atoms with E-state index >= 15 is 0 Å². The Balaban J connectivity index is 2.48. The summed E-state index contributed by atoms with van der Waals surface area (Å²) in [5.41, 5.74) is -1.36. The van der Waals surface area contributed by atoms with Crippen LogP contribution in [0.15, 0.2) is 30.3 Å². The number of aryl methyl sites for hydroxylation is 1. The van der Waals surface area contributed by atoms with Crippen LogP contribution in [0.1, 0.15) is 31.9 Å². The number of benzene rings is 2. The van der Waals surface area contributed by atoms with Crippen molar-refractivity contribution in [3.05, 3.63) is 56.6 Å². The molecular formula is C19H20ClF3NO5PS. The molecule has 2 atom stereocenters. The summed E-state index contributed by atoms with van der Waals surface area (Å²) >= 11 is 7.33. The van der Waals surface area contributed by atoms with Crippen molar-refractivity contribution in [1.29, 1.82) is 0 Å².